The van der Waals surface area contributed by atoms with Gasteiger partial charge in [-0.25, -0.2) is 0 Å². The van der Waals surface area contributed by atoms with E-state index in [0.717, 1.165) is 6.21 Å². The lowest BCUT2D eigenvalue weighted by Crippen LogP contribution is -2.29. The first-order chi connectivity index (χ1) is 6.17. The third-order valence-corrected chi connectivity index (χ3v) is 1.25. The Kier molecular flexibility index (Phi) is 5.50. The molecule has 0 aliphatic carbocycles. The first kappa shape index (κ1) is 11.6. The molecular weight excluding hydrogens is 174 g/mol. The first-order valence-corrected chi connectivity index (χ1v) is 4.01. The second kappa shape index (κ2) is 6.16. The molecule has 0 aliphatic heterocycles. The average Bonchev–Trinajstić information content (AvgIpc) is 2.06. The number of rotatable bonds is 5. The Labute approximate surface area is 76.5 Å². The van der Waals surface area contributed by atoms with E-state index >= 15 is 0 Å². The summed E-state index contributed by atoms with van der Waals surface area (Å²) in [7, 11) is 0. The monoisotopic (exact) mass is 187 g/mol. The number of esters is 2. The van der Waals surface area contributed by atoms with Gasteiger partial charge in [0.2, 0.25) is 0 Å². The first-order valence-electron chi connectivity index (χ1n) is 4.01. The Morgan fingerprint density at radius 2 is 1.62 bits per heavy atom. The number of carbonyl (C=O) groups excluding carboxylic acids is 2. The number of carbonyl (C=O) groups is 2. The van der Waals surface area contributed by atoms with E-state index < -0.39 is 17.9 Å². The summed E-state index contributed by atoms with van der Waals surface area (Å²) in [5.74, 6) is -2.70. The Bertz CT molecular complexity index is 184. The molecule has 0 fully saturated rings. The largest absolute Gasteiger partial charge is 0.465 e. The summed E-state index contributed by atoms with van der Waals surface area (Å²) in [5.41, 5.74) is 0. The minimum atomic E-state index is -1.22. The van der Waals surface area contributed by atoms with Crippen molar-refractivity contribution in [2.75, 3.05) is 13.2 Å². The zero-order valence-corrected chi connectivity index (χ0v) is 7.70. The van der Waals surface area contributed by atoms with E-state index in [0.29, 0.717) is 0 Å². The summed E-state index contributed by atoms with van der Waals surface area (Å²) >= 11 is 0. The van der Waals surface area contributed by atoms with E-state index in [1.54, 1.807) is 13.8 Å². The molecular formula is C8H13NO4. The molecule has 13 heavy (non-hydrogen) atoms. The molecule has 0 aromatic heterocycles. The predicted octanol–water partition coefficient (Wildman–Crippen LogP) is 0.378. The van der Waals surface area contributed by atoms with Gasteiger partial charge in [0.15, 0.2) is 5.92 Å². The van der Waals surface area contributed by atoms with Crippen LogP contribution >= 0.6 is 0 Å². The van der Waals surface area contributed by atoms with Gasteiger partial charge in [-0.05, 0) is 13.8 Å². The highest BCUT2D eigenvalue weighted by atomic mass is 16.6. The lowest BCUT2D eigenvalue weighted by atomic mass is 10.2. The molecule has 0 rings (SSSR count). The van der Waals surface area contributed by atoms with Gasteiger partial charge >= 0.3 is 11.9 Å². The van der Waals surface area contributed by atoms with Crippen LogP contribution in [0, 0.1) is 11.3 Å². The molecule has 0 unspecified atom stereocenters. The average molecular weight is 187 g/mol. The van der Waals surface area contributed by atoms with Gasteiger partial charge in [-0.3, -0.25) is 9.59 Å². The summed E-state index contributed by atoms with van der Waals surface area (Å²) < 4.78 is 9.14. The van der Waals surface area contributed by atoms with Gasteiger partial charge in [0.1, 0.15) is 0 Å². The molecule has 0 atom stereocenters. The highest BCUT2D eigenvalue weighted by Gasteiger charge is 2.26. The van der Waals surface area contributed by atoms with Gasteiger partial charge in [-0.1, -0.05) is 0 Å². The van der Waals surface area contributed by atoms with Crippen LogP contribution < -0.4 is 0 Å². The van der Waals surface area contributed by atoms with E-state index in [4.69, 9.17) is 5.41 Å². The van der Waals surface area contributed by atoms with Crippen LogP contribution in [0.15, 0.2) is 0 Å². The minimum Gasteiger partial charge on any atom is -0.465 e. The fourth-order valence-electron chi connectivity index (χ4n) is 0.696. The zero-order chi connectivity index (χ0) is 10.3. The van der Waals surface area contributed by atoms with Crippen LogP contribution in [-0.4, -0.2) is 31.4 Å². The van der Waals surface area contributed by atoms with Crippen molar-refractivity contribution >= 4 is 18.2 Å². The quantitative estimate of drug-likeness (QED) is 0.383. The van der Waals surface area contributed by atoms with Crippen molar-refractivity contribution in [3.05, 3.63) is 0 Å². The summed E-state index contributed by atoms with van der Waals surface area (Å²) in [4.78, 5) is 22.0. The highest BCUT2D eigenvalue weighted by Crippen LogP contribution is 1.99. The second-order valence-corrected chi connectivity index (χ2v) is 2.15. The van der Waals surface area contributed by atoms with Crippen molar-refractivity contribution in [2.24, 2.45) is 5.92 Å². The van der Waals surface area contributed by atoms with Crippen molar-refractivity contribution in [3.63, 3.8) is 0 Å². The maximum Gasteiger partial charge on any atom is 0.325 e. The van der Waals surface area contributed by atoms with Gasteiger partial charge in [0, 0.05) is 6.21 Å². The molecule has 0 saturated carbocycles. The molecule has 0 aliphatic rings. The molecule has 0 bridgehead atoms. The number of hydrogen-bond donors (Lipinski definition) is 1. The lowest BCUT2D eigenvalue weighted by Gasteiger charge is -2.08. The molecule has 1 N–H and O–H groups in total. The Morgan fingerprint density at radius 1 is 1.23 bits per heavy atom. The third-order valence-electron chi connectivity index (χ3n) is 1.25. The van der Waals surface area contributed by atoms with E-state index in [1.165, 1.54) is 0 Å². The topological polar surface area (TPSA) is 76.5 Å². The van der Waals surface area contributed by atoms with Gasteiger partial charge < -0.3 is 14.9 Å². The van der Waals surface area contributed by atoms with Crippen LogP contribution in [0.1, 0.15) is 13.8 Å². The molecule has 0 heterocycles. The summed E-state index contributed by atoms with van der Waals surface area (Å²) in [6.45, 7) is 3.62. The van der Waals surface area contributed by atoms with Crippen LogP contribution in [0.4, 0.5) is 0 Å². The van der Waals surface area contributed by atoms with Gasteiger partial charge in [0.25, 0.3) is 0 Å². The molecule has 0 saturated heterocycles. The summed E-state index contributed by atoms with van der Waals surface area (Å²) in [6, 6.07) is 0. The summed E-state index contributed by atoms with van der Waals surface area (Å²) in [5, 5.41) is 6.85. The Hall–Kier alpha value is -1.39. The van der Waals surface area contributed by atoms with E-state index in [2.05, 4.69) is 9.47 Å². The van der Waals surface area contributed by atoms with Crippen molar-refractivity contribution in [2.45, 2.75) is 13.8 Å². The Balaban J connectivity index is 4.23. The maximum atomic E-state index is 11.0. The zero-order valence-electron chi connectivity index (χ0n) is 7.70. The van der Waals surface area contributed by atoms with E-state index in [1.807, 2.05) is 0 Å². The Morgan fingerprint density at radius 3 is 1.85 bits per heavy atom. The predicted molar refractivity (Wildman–Crippen MR) is 45.5 cm³/mol. The minimum absolute atomic E-state index is 0.183. The second-order valence-electron chi connectivity index (χ2n) is 2.15. The molecule has 74 valence electrons. The molecule has 0 amide bonds. The van der Waals surface area contributed by atoms with Crippen molar-refractivity contribution in [1.82, 2.24) is 0 Å². The van der Waals surface area contributed by atoms with Crippen LogP contribution in [0.25, 0.3) is 0 Å². The summed E-state index contributed by atoms with van der Waals surface area (Å²) in [6.07, 6.45) is 0.718. The molecule has 0 aromatic carbocycles. The molecule has 0 aromatic rings. The van der Waals surface area contributed by atoms with Gasteiger partial charge in [0.05, 0.1) is 13.2 Å². The normalized spacial score (nSPS) is 9.46. The number of ether oxygens (including phenoxy) is 2. The van der Waals surface area contributed by atoms with Crippen LogP contribution in [0.5, 0.6) is 0 Å². The van der Waals surface area contributed by atoms with Crippen LogP contribution in [-0.2, 0) is 19.1 Å². The van der Waals surface area contributed by atoms with E-state index in [9.17, 15) is 9.59 Å². The van der Waals surface area contributed by atoms with E-state index in [-0.39, 0.29) is 13.2 Å². The van der Waals surface area contributed by atoms with Crippen LogP contribution in [0.2, 0.25) is 0 Å². The third kappa shape index (κ3) is 3.68. The molecule has 0 radical (unpaired) electrons. The van der Waals surface area contributed by atoms with Crippen molar-refractivity contribution in [3.8, 4) is 0 Å². The SMILES string of the molecule is CCOC(=O)C(C=N)C(=O)OCC. The fourth-order valence-corrected chi connectivity index (χ4v) is 0.696. The van der Waals surface area contributed by atoms with Crippen LogP contribution in [0.3, 0.4) is 0 Å². The molecule has 5 nitrogen and oxygen atoms in total. The van der Waals surface area contributed by atoms with Crippen molar-refractivity contribution < 1.29 is 19.1 Å². The van der Waals surface area contributed by atoms with Gasteiger partial charge in [-0.2, -0.15) is 0 Å². The number of hydrogen-bond acceptors (Lipinski definition) is 5. The maximum absolute atomic E-state index is 11.0. The van der Waals surface area contributed by atoms with Gasteiger partial charge in [-0.15, -0.1) is 0 Å². The molecule has 5 heteroatoms. The highest BCUT2D eigenvalue weighted by molar-refractivity contribution is 6.08. The number of nitrogens with one attached hydrogen (secondary N) is 1. The smallest absolute Gasteiger partial charge is 0.325 e. The van der Waals surface area contributed by atoms with Crippen molar-refractivity contribution in [1.29, 1.82) is 5.41 Å². The fraction of sp³-hybridized carbons (Fsp3) is 0.625. The molecule has 0 spiro atoms. The lowest BCUT2D eigenvalue weighted by molar-refractivity contribution is -0.157. The standard InChI is InChI=1S/C8H13NO4/c1-3-12-7(10)6(5-9)8(11)13-4-2/h5-6,9H,3-4H2,1-2H3.